The molecule has 0 fully saturated rings. The lowest BCUT2D eigenvalue weighted by Crippen LogP contribution is -2.13. The van der Waals surface area contributed by atoms with Crippen molar-refractivity contribution in [3.63, 3.8) is 0 Å². The molecule has 2 aromatic rings. The van der Waals surface area contributed by atoms with Gasteiger partial charge in [-0.2, -0.15) is 0 Å². The van der Waals surface area contributed by atoms with Crippen LogP contribution in [0.4, 0.5) is 5.69 Å². The molecule has 0 radical (unpaired) electrons. The average Bonchev–Trinajstić information content (AvgIpc) is 2.92. The molecule has 0 spiro atoms. The number of nitrogens with zero attached hydrogens (tertiary/aromatic N) is 2. The molecule has 2 aromatic heterocycles. The smallest absolute Gasteiger partial charge is 0.237 e. The van der Waals surface area contributed by atoms with E-state index in [-0.39, 0.29) is 5.91 Å². The molecule has 1 amide bonds. The molecular weight excluding hydrogens is 242 g/mol. The number of aromatic nitrogens is 2. The highest BCUT2D eigenvalue weighted by Gasteiger charge is 2.07. The Hall–Kier alpha value is -2.30. The summed E-state index contributed by atoms with van der Waals surface area (Å²) in [7, 11) is 1.53. The summed E-state index contributed by atoms with van der Waals surface area (Å²) in [6, 6.07) is 7.48. The van der Waals surface area contributed by atoms with Gasteiger partial charge < -0.3 is 14.6 Å². The van der Waals surface area contributed by atoms with Gasteiger partial charge in [0.1, 0.15) is 5.69 Å². The fraction of sp³-hybridized carbons (Fsp3) is 0.286. The number of nitrogens with one attached hydrogen (secondary N) is 1. The molecular formula is C14H17N3O2. The Labute approximate surface area is 112 Å². The zero-order valence-corrected chi connectivity index (χ0v) is 10.9. The largest absolute Gasteiger partial charge is 0.480 e. The van der Waals surface area contributed by atoms with Crippen molar-refractivity contribution in [1.82, 2.24) is 9.55 Å². The van der Waals surface area contributed by atoms with E-state index in [1.807, 2.05) is 24.5 Å². The molecule has 19 heavy (non-hydrogen) atoms. The van der Waals surface area contributed by atoms with Crippen molar-refractivity contribution in [3.8, 4) is 5.88 Å². The highest BCUT2D eigenvalue weighted by molar-refractivity contribution is 5.91. The number of aryl methyl sites for hydroxylation is 1. The van der Waals surface area contributed by atoms with E-state index in [0.717, 1.165) is 13.0 Å². The van der Waals surface area contributed by atoms with E-state index in [1.54, 1.807) is 18.3 Å². The van der Waals surface area contributed by atoms with E-state index in [2.05, 4.69) is 14.9 Å². The monoisotopic (exact) mass is 259 g/mol. The molecule has 0 aliphatic heterocycles. The first kappa shape index (κ1) is 13.1. The summed E-state index contributed by atoms with van der Waals surface area (Å²) in [4.78, 5) is 15.8. The minimum atomic E-state index is -0.0292. The number of hydrogen-bond acceptors (Lipinski definition) is 3. The number of hydrogen-bond donors (Lipinski definition) is 1. The maximum Gasteiger partial charge on any atom is 0.237 e. The Morgan fingerprint density at radius 3 is 2.89 bits per heavy atom. The summed E-state index contributed by atoms with van der Waals surface area (Å²) >= 11 is 0. The molecule has 0 aromatic carbocycles. The number of amides is 1. The van der Waals surface area contributed by atoms with E-state index in [9.17, 15) is 4.79 Å². The Bertz CT molecular complexity index is 523. The zero-order valence-electron chi connectivity index (χ0n) is 10.9. The number of ether oxygens (including phenoxy) is 1. The third-order valence-electron chi connectivity index (χ3n) is 2.72. The summed E-state index contributed by atoms with van der Waals surface area (Å²) in [5.74, 6) is 0.403. The zero-order chi connectivity index (χ0) is 13.5. The summed E-state index contributed by atoms with van der Waals surface area (Å²) in [5.41, 5.74) is 0.607. The third-order valence-corrected chi connectivity index (χ3v) is 2.72. The molecule has 5 nitrogen and oxygen atoms in total. The first-order chi connectivity index (χ1) is 9.29. The second-order valence-electron chi connectivity index (χ2n) is 4.13. The van der Waals surface area contributed by atoms with E-state index in [0.29, 0.717) is 18.0 Å². The van der Waals surface area contributed by atoms with Gasteiger partial charge in [-0.3, -0.25) is 4.79 Å². The van der Waals surface area contributed by atoms with Crippen molar-refractivity contribution in [1.29, 1.82) is 0 Å². The Balaban J connectivity index is 1.80. The van der Waals surface area contributed by atoms with E-state index in [1.165, 1.54) is 7.11 Å². The molecule has 0 unspecified atom stereocenters. The SMILES string of the molecule is COc1ncccc1NC(=O)CCCn1cccc1. The van der Waals surface area contributed by atoms with Crippen LogP contribution in [0, 0.1) is 0 Å². The average molecular weight is 259 g/mol. The lowest BCUT2D eigenvalue weighted by molar-refractivity contribution is -0.116. The fourth-order valence-corrected chi connectivity index (χ4v) is 1.80. The number of anilines is 1. The maximum absolute atomic E-state index is 11.8. The van der Waals surface area contributed by atoms with Crippen LogP contribution in [0.1, 0.15) is 12.8 Å². The van der Waals surface area contributed by atoms with Crippen molar-refractivity contribution in [2.45, 2.75) is 19.4 Å². The second-order valence-corrected chi connectivity index (χ2v) is 4.13. The van der Waals surface area contributed by atoms with Crippen LogP contribution in [-0.4, -0.2) is 22.6 Å². The van der Waals surface area contributed by atoms with Gasteiger partial charge in [0.05, 0.1) is 7.11 Å². The summed E-state index contributed by atoms with van der Waals surface area (Å²) in [6.45, 7) is 0.838. The van der Waals surface area contributed by atoms with E-state index in [4.69, 9.17) is 4.74 Å². The van der Waals surface area contributed by atoms with Crippen LogP contribution in [0.15, 0.2) is 42.9 Å². The first-order valence-corrected chi connectivity index (χ1v) is 6.19. The molecule has 5 heteroatoms. The van der Waals surface area contributed by atoms with Gasteiger partial charge >= 0.3 is 0 Å². The van der Waals surface area contributed by atoms with E-state index >= 15 is 0 Å². The van der Waals surface area contributed by atoms with Gasteiger partial charge in [0, 0.05) is 31.6 Å². The molecule has 0 aliphatic carbocycles. The van der Waals surface area contributed by atoms with Crippen molar-refractivity contribution >= 4 is 11.6 Å². The van der Waals surface area contributed by atoms with Crippen LogP contribution in [0.3, 0.4) is 0 Å². The predicted octanol–water partition coefficient (Wildman–Crippen LogP) is 2.31. The molecule has 0 saturated carbocycles. The van der Waals surface area contributed by atoms with E-state index < -0.39 is 0 Å². The van der Waals surface area contributed by atoms with Gasteiger partial charge in [0.2, 0.25) is 11.8 Å². The minimum Gasteiger partial charge on any atom is -0.480 e. The summed E-state index contributed by atoms with van der Waals surface area (Å²) in [5, 5.41) is 2.81. The Morgan fingerprint density at radius 2 is 2.16 bits per heavy atom. The van der Waals surface area contributed by atoms with Crippen LogP contribution < -0.4 is 10.1 Å². The summed E-state index contributed by atoms with van der Waals surface area (Å²) < 4.78 is 7.13. The van der Waals surface area contributed by atoms with Crippen molar-refractivity contribution in [2.24, 2.45) is 0 Å². The van der Waals surface area contributed by atoms with Gasteiger partial charge in [-0.15, -0.1) is 0 Å². The molecule has 2 rings (SSSR count). The number of methoxy groups -OCH3 is 1. The van der Waals surface area contributed by atoms with Gasteiger partial charge in [-0.05, 0) is 30.7 Å². The molecule has 0 aliphatic rings. The van der Waals surface area contributed by atoms with Gasteiger partial charge in [-0.25, -0.2) is 4.98 Å². The number of carbonyl (C=O) groups is 1. The van der Waals surface area contributed by atoms with Crippen LogP contribution in [0.25, 0.3) is 0 Å². The third kappa shape index (κ3) is 3.84. The number of rotatable bonds is 6. The minimum absolute atomic E-state index is 0.0292. The lowest BCUT2D eigenvalue weighted by atomic mass is 10.3. The highest BCUT2D eigenvalue weighted by atomic mass is 16.5. The topological polar surface area (TPSA) is 56.1 Å². The standard InChI is InChI=1S/C14H17N3O2/c1-19-14-12(6-4-8-15-14)16-13(18)7-5-11-17-9-2-3-10-17/h2-4,6,8-10H,5,7,11H2,1H3,(H,16,18). The van der Waals surface area contributed by atoms with Crippen LogP contribution in [-0.2, 0) is 11.3 Å². The number of pyridine rings is 1. The van der Waals surface area contributed by atoms with Crippen LogP contribution >= 0.6 is 0 Å². The molecule has 0 atom stereocenters. The molecule has 1 N–H and O–H groups in total. The molecule has 0 saturated heterocycles. The van der Waals surface area contributed by atoms with Gasteiger partial charge in [0.25, 0.3) is 0 Å². The van der Waals surface area contributed by atoms with Crippen molar-refractivity contribution < 1.29 is 9.53 Å². The van der Waals surface area contributed by atoms with Crippen LogP contribution in [0.2, 0.25) is 0 Å². The molecule has 0 bridgehead atoms. The quantitative estimate of drug-likeness (QED) is 0.866. The second kappa shape index (κ2) is 6.58. The van der Waals surface area contributed by atoms with Gasteiger partial charge in [0.15, 0.2) is 0 Å². The lowest BCUT2D eigenvalue weighted by Gasteiger charge is -2.08. The Morgan fingerprint density at radius 1 is 1.37 bits per heavy atom. The highest BCUT2D eigenvalue weighted by Crippen LogP contribution is 2.19. The maximum atomic E-state index is 11.8. The Kier molecular flexibility index (Phi) is 4.55. The van der Waals surface area contributed by atoms with Crippen molar-refractivity contribution in [2.75, 3.05) is 12.4 Å². The van der Waals surface area contributed by atoms with Gasteiger partial charge in [-0.1, -0.05) is 0 Å². The summed E-state index contributed by atoms with van der Waals surface area (Å²) in [6.07, 6.45) is 6.87. The van der Waals surface area contributed by atoms with Crippen molar-refractivity contribution in [3.05, 3.63) is 42.9 Å². The molecule has 100 valence electrons. The first-order valence-electron chi connectivity index (χ1n) is 6.19. The predicted molar refractivity (Wildman–Crippen MR) is 73.1 cm³/mol. The fourth-order valence-electron chi connectivity index (χ4n) is 1.80. The molecule has 2 heterocycles. The number of carbonyl (C=O) groups excluding carboxylic acids is 1. The van der Waals surface area contributed by atoms with Crippen LogP contribution in [0.5, 0.6) is 5.88 Å². The normalized spacial score (nSPS) is 10.2.